The molecule has 20 heavy (non-hydrogen) atoms. The summed E-state index contributed by atoms with van der Waals surface area (Å²) in [5, 5.41) is 7.88. The Morgan fingerprint density at radius 2 is 2.00 bits per heavy atom. The molecule has 1 aromatic heterocycles. The van der Waals surface area contributed by atoms with E-state index in [1.165, 1.54) is 25.7 Å². The highest BCUT2D eigenvalue weighted by Gasteiger charge is 2.20. The van der Waals surface area contributed by atoms with Gasteiger partial charge in [-0.05, 0) is 31.2 Å². The van der Waals surface area contributed by atoms with Gasteiger partial charge in [-0.15, -0.1) is 0 Å². The second kappa shape index (κ2) is 7.37. The summed E-state index contributed by atoms with van der Waals surface area (Å²) in [6.45, 7) is 5.27. The molecule has 2 unspecified atom stereocenters. The van der Waals surface area contributed by atoms with E-state index in [1.807, 2.05) is 0 Å². The quantitative estimate of drug-likeness (QED) is 0.784. The molecule has 0 spiro atoms. The third kappa shape index (κ3) is 4.16. The molecular weight excluding hydrogens is 293 g/mol. The number of anilines is 2. The monoisotopic (exact) mass is 315 g/mol. The Hall–Kier alpha value is -0.670. The number of hydrogen-bond donors (Lipinski definition) is 2. The van der Waals surface area contributed by atoms with E-state index in [0.717, 1.165) is 24.7 Å². The van der Waals surface area contributed by atoms with Crippen LogP contribution in [0.25, 0.3) is 0 Å². The summed E-state index contributed by atoms with van der Waals surface area (Å²) >= 11 is 12.4. The van der Waals surface area contributed by atoms with Gasteiger partial charge in [0, 0.05) is 12.6 Å². The third-order valence-electron chi connectivity index (χ3n) is 3.75. The molecular formula is C15H23Cl2N3. The Bertz CT molecular complexity index is 451. The number of rotatable bonds is 5. The maximum absolute atomic E-state index is 6.25. The zero-order chi connectivity index (χ0) is 14.5. The molecule has 2 rings (SSSR count). The highest BCUT2D eigenvalue weighted by atomic mass is 35.5. The predicted molar refractivity (Wildman–Crippen MR) is 88.1 cm³/mol. The van der Waals surface area contributed by atoms with Gasteiger partial charge in [0.25, 0.3) is 0 Å². The first kappa shape index (κ1) is 15.7. The number of pyridine rings is 1. The number of nitrogens with one attached hydrogen (secondary N) is 2. The van der Waals surface area contributed by atoms with Crippen molar-refractivity contribution in [1.29, 1.82) is 0 Å². The SMILES string of the molecule is CCCNc1nc(NC2CCCC(C)C2)c(Cl)cc1Cl. The number of halogens is 2. The van der Waals surface area contributed by atoms with E-state index >= 15 is 0 Å². The van der Waals surface area contributed by atoms with E-state index in [1.54, 1.807) is 6.07 Å². The predicted octanol–water partition coefficient (Wildman–Crippen LogP) is 5.20. The molecule has 5 heteroatoms. The summed E-state index contributed by atoms with van der Waals surface area (Å²) in [5.74, 6) is 2.23. The van der Waals surface area contributed by atoms with Crippen LogP contribution in [0.5, 0.6) is 0 Å². The second-order valence-electron chi connectivity index (χ2n) is 5.69. The lowest BCUT2D eigenvalue weighted by Gasteiger charge is -2.28. The minimum atomic E-state index is 0.462. The highest BCUT2D eigenvalue weighted by Crippen LogP contribution is 2.32. The average Bonchev–Trinajstić information content (AvgIpc) is 2.40. The Labute approximate surface area is 131 Å². The molecule has 1 fully saturated rings. The van der Waals surface area contributed by atoms with Gasteiger partial charge in [-0.3, -0.25) is 0 Å². The van der Waals surface area contributed by atoms with Crippen molar-refractivity contribution in [3.63, 3.8) is 0 Å². The van der Waals surface area contributed by atoms with Crippen molar-refractivity contribution in [3.8, 4) is 0 Å². The molecule has 0 aliphatic heterocycles. The topological polar surface area (TPSA) is 37.0 Å². The molecule has 2 atom stereocenters. The van der Waals surface area contributed by atoms with Gasteiger partial charge < -0.3 is 10.6 Å². The molecule has 1 aliphatic carbocycles. The van der Waals surface area contributed by atoms with Gasteiger partial charge in [-0.2, -0.15) is 0 Å². The van der Waals surface area contributed by atoms with Crippen molar-refractivity contribution >= 4 is 34.8 Å². The molecule has 0 aromatic carbocycles. The molecule has 112 valence electrons. The van der Waals surface area contributed by atoms with Gasteiger partial charge in [0.2, 0.25) is 0 Å². The minimum Gasteiger partial charge on any atom is -0.369 e. The van der Waals surface area contributed by atoms with Crippen LogP contribution in [0, 0.1) is 5.92 Å². The van der Waals surface area contributed by atoms with E-state index in [4.69, 9.17) is 23.2 Å². The fourth-order valence-corrected chi connectivity index (χ4v) is 3.17. The lowest BCUT2D eigenvalue weighted by atomic mass is 9.87. The van der Waals surface area contributed by atoms with Crippen molar-refractivity contribution in [1.82, 2.24) is 4.98 Å². The molecule has 1 saturated carbocycles. The standard InChI is InChI=1S/C15H23Cl2N3/c1-3-7-18-14-12(16)9-13(17)15(20-14)19-11-6-4-5-10(2)8-11/h9-11H,3-8H2,1-2H3,(H2,18,19,20). The van der Waals surface area contributed by atoms with Crippen LogP contribution >= 0.6 is 23.2 Å². The van der Waals surface area contributed by atoms with Crippen LogP contribution in [0.2, 0.25) is 10.0 Å². The summed E-state index contributed by atoms with van der Waals surface area (Å²) in [5.41, 5.74) is 0. The maximum Gasteiger partial charge on any atom is 0.147 e. The lowest BCUT2D eigenvalue weighted by molar-refractivity contribution is 0.358. The van der Waals surface area contributed by atoms with E-state index in [-0.39, 0.29) is 0 Å². The van der Waals surface area contributed by atoms with E-state index in [2.05, 4.69) is 29.5 Å². The smallest absolute Gasteiger partial charge is 0.147 e. The maximum atomic E-state index is 6.25. The summed E-state index contributed by atoms with van der Waals surface area (Å²) in [6, 6.07) is 2.23. The van der Waals surface area contributed by atoms with E-state index in [9.17, 15) is 0 Å². The molecule has 0 saturated heterocycles. The Balaban J connectivity index is 2.09. The molecule has 3 nitrogen and oxygen atoms in total. The first-order valence-corrected chi connectivity index (χ1v) is 8.22. The first-order chi connectivity index (χ1) is 9.60. The van der Waals surface area contributed by atoms with Crippen LogP contribution < -0.4 is 10.6 Å². The van der Waals surface area contributed by atoms with Crippen molar-refractivity contribution in [3.05, 3.63) is 16.1 Å². The minimum absolute atomic E-state index is 0.462. The zero-order valence-corrected chi connectivity index (χ0v) is 13.7. The molecule has 1 aliphatic rings. The summed E-state index contributed by atoms with van der Waals surface area (Å²) in [6.07, 6.45) is 5.98. The van der Waals surface area contributed by atoms with Crippen LogP contribution in [0.4, 0.5) is 11.6 Å². The third-order valence-corrected chi connectivity index (χ3v) is 4.33. The normalized spacial score (nSPS) is 22.6. The zero-order valence-electron chi connectivity index (χ0n) is 12.2. The molecule has 2 N–H and O–H groups in total. The summed E-state index contributed by atoms with van der Waals surface area (Å²) in [4.78, 5) is 4.54. The van der Waals surface area contributed by atoms with Crippen molar-refractivity contribution < 1.29 is 0 Å². The van der Waals surface area contributed by atoms with Crippen LogP contribution in [0.15, 0.2) is 6.07 Å². The first-order valence-electron chi connectivity index (χ1n) is 7.46. The highest BCUT2D eigenvalue weighted by molar-refractivity contribution is 6.37. The van der Waals surface area contributed by atoms with E-state index in [0.29, 0.717) is 21.9 Å². The molecule has 0 bridgehead atoms. The molecule has 0 amide bonds. The number of nitrogens with zero attached hydrogens (tertiary/aromatic N) is 1. The molecule has 1 heterocycles. The summed E-state index contributed by atoms with van der Waals surface area (Å²) in [7, 11) is 0. The Morgan fingerprint density at radius 3 is 2.70 bits per heavy atom. The van der Waals surface area contributed by atoms with E-state index < -0.39 is 0 Å². The fourth-order valence-electron chi connectivity index (χ4n) is 2.69. The van der Waals surface area contributed by atoms with Gasteiger partial charge in [0.15, 0.2) is 0 Å². The lowest BCUT2D eigenvalue weighted by Crippen LogP contribution is -2.26. The average molecular weight is 316 g/mol. The number of aromatic nitrogens is 1. The Kier molecular flexibility index (Phi) is 5.79. The Morgan fingerprint density at radius 1 is 1.25 bits per heavy atom. The van der Waals surface area contributed by atoms with Crippen LogP contribution in [-0.4, -0.2) is 17.6 Å². The van der Waals surface area contributed by atoms with Crippen LogP contribution in [0.3, 0.4) is 0 Å². The van der Waals surface area contributed by atoms with Crippen molar-refractivity contribution in [2.75, 3.05) is 17.2 Å². The van der Waals surface area contributed by atoms with Crippen molar-refractivity contribution in [2.24, 2.45) is 5.92 Å². The van der Waals surface area contributed by atoms with Gasteiger partial charge in [0.1, 0.15) is 11.6 Å². The summed E-state index contributed by atoms with van der Waals surface area (Å²) < 4.78 is 0. The van der Waals surface area contributed by atoms with Crippen molar-refractivity contribution in [2.45, 2.75) is 52.0 Å². The number of hydrogen-bond acceptors (Lipinski definition) is 3. The van der Waals surface area contributed by atoms with Gasteiger partial charge in [-0.1, -0.05) is 49.9 Å². The second-order valence-corrected chi connectivity index (χ2v) is 6.50. The fraction of sp³-hybridized carbons (Fsp3) is 0.667. The van der Waals surface area contributed by atoms with Gasteiger partial charge in [-0.25, -0.2) is 4.98 Å². The van der Waals surface area contributed by atoms with Crippen LogP contribution in [-0.2, 0) is 0 Å². The largest absolute Gasteiger partial charge is 0.369 e. The van der Waals surface area contributed by atoms with Crippen LogP contribution in [0.1, 0.15) is 46.0 Å². The van der Waals surface area contributed by atoms with Gasteiger partial charge in [0.05, 0.1) is 10.0 Å². The van der Waals surface area contributed by atoms with Gasteiger partial charge >= 0.3 is 0 Å². The molecule has 0 radical (unpaired) electrons. The molecule has 1 aromatic rings.